The number of benzene rings is 2. The van der Waals surface area contributed by atoms with E-state index in [0.717, 1.165) is 23.9 Å². The zero-order valence-corrected chi connectivity index (χ0v) is 15.8. The van der Waals surface area contributed by atoms with Crippen LogP contribution in [0.2, 0.25) is 0 Å². The molecule has 0 spiro atoms. The number of fused-ring (bicyclic) bond motifs is 1. The molecule has 24 heavy (non-hydrogen) atoms. The number of amides is 1. The standard InChI is InChI=1S/C21H24BrNO/c1-3-16(2)15-23-21(24)11-6-4-5-8-17-12-13-19-18(14-17)9-7-10-20(19)22/h4-7,9-14,16H,3,8,15H2,1-2H3,(H,23,24)/b5-4+,11-6+. The number of allylic oxidation sites excluding steroid dienone is 3. The highest BCUT2D eigenvalue weighted by molar-refractivity contribution is 9.10. The second kappa shape index (κ2) is 9.43. The molecule has 1 atom stereocenters. The van der Waals surface area contributed by atoms with Crippen molar-refractivity contribution in [3.05, 3.63) is 70.7 Å². The van der Waals surface area contributed by atoms with Crippen LogP contribution < -0.4 is 5.32 Å². The number of nitrogens with one attached hydrogen (secondary N) is 1. The Kier molecular flexibility index (Phi) is 7.26. The average molecular weight is 386 g/mol. The number of hydrogen-bond donors (Lipinski definition) is 1. The normalized spacial score (nSPS) is 13.0. The molecule has 0 saturated carbocycles. The van der Waals surface area contributed by atoms with Crippen molar-refractivity contribution in [2.24, 2.45) is 5.92 Å². The molecular formula is C21H24BrNO. The van der Waals surface area contributed by atoms with Gasteiger partial charge in [0, 0.05) is 17.1 Å². The van der Waals surface area contributed by atoms with E-state index in [1.807, 2.05) is 12.1 Å². The summed E-state index contributed by atoms with van der Waals surface area (Å²) in [4.78, 5) is 11.6. The summed E-state index contributed by atoms with van der Waals surface area (Å²) < 4.78 is 1.12. The van der Waals surface area contributed by atoms with Crippen molar-refractivity contribution in [2.45, 2.75) is 26.7 Å². The molecule has 2 aromatic rings. The second-order valence-corrected chi connectivity index (χ2v) is 6.90. The number of rotatable bonds is 7. The fraction of sp³-hybridized carbons (Fsp3) is 0.286. The molecule has 0 heterocycles. The van der Waals surface area contributed by atoms with E-state index in [1.165, 1.54) is 16.3 Å². The Morgan fingerprint density at radius 1 is 1.25 bits per heavy atom. The SMILES string of the molecule is CCC(C)CNC(=O)/C=C/C=C/Cc1ccc2c(Br)cccc2c1. The summed E-state index contributed by atoms with van der Waals surface area (Å²) in [6.45, 7) is 4.99. The van der Waals surface area contributed by atoms with E-state index in [1.54, 1.807) is 12.2 Å². The molecule has 0 aromatic heterocycles. The Balaban J connectivity index is 1.85. The van der Waals surface area contributed by atoms with Gasteiger partial charge in [0.2, 0.25) is 5.91 Å². The van der Waals surface area contributed by atoms with Crippen LogP contribution in [-0.2, 0) is 11.2 Å². The zero-order valence-electron chi connectivity index (χ0n) is 14.3. The summed E-state index contributed by atoms with van der Waals surface area (Å²) in [6, 6.07) is 12.7. The molecule has 0 radical (unpaired) electrons. The largest absolute Gasteiger partial charge is 0.352 e. The molecule has 2 nitrogen and oxygen atoms in total. The zero-order chi connectivity index (χ0) is 17.4. The maximum Gasteiger partial charge on any atom is 0.243 e. The second-order valence-electron chi connectivity index (χ2n) is 6.05. The van der Waals surface area contributed by atoms with Crippen LogP contribution >= 0.6 is 15.9 Å². The molecular weight excluding hydrogens is 362 g/mol. The van der Waals surface area contributed by atoms with Crippen LogP contribution in [0, 0.1) is 5.92 Å². The Morgan fingerprint density at radius 3 is 2.88 bits per heavy atom. The minimum absolute atomic E-state index is 0.0319. The smallest absolute Gasteiger partial charge is 0.243 e. The molecule has 0 bridgehead atoms. The third kappa shape index (κ3) is 5.64. The van der Waals surface area contributed by atoms with Crippen LogP contribution in [0.5, 0.6) is 0 Å². The highest BCUT2D eigenvalue weighted by atomic mass is 79.9. The minimum Gasteiger partial charge on any atom is -0.352 e. The van der Waals surface area contributed by atoms with Crippen LogP contribution in [0.4, 0.5) is 0 Å². The van der Waals surface area contributed by atoms with Crippen LogP contribution in [0.15, 0.2) is 65.2 Å². The van der Waals surface area contributed by atoms with Crippen molar-refractivity contribution < 1.29 is 4.79 Å². The third-order valence-electron chi connectivity index (χ3n) is 4.06. The van der Waals surface area contributed by atoms with Crippen molar-refractivity contribution >= 4 is 32.6 Å². The lowest BCUT2D eigenvalue weighted by molar-refractivity contribution is -0.116. The molecule has 0 saturated heterocycles. The van der Waals surface area contributed by atoms with E-state index in [0.29, 0.717) is 5.92 Å². The quantitative estimate of drug-likeness (QED) is 0.500. The van der Waals surface area contributed by atoms with Gasteiger partial charge < -0.3 is 5.32 Å². The predicted octanol–water partition coefficient (Wildman–Crippen LogP) is 5.42. The molecule has 0 aliphatic carbocycles. The van der Waals surface area contributed by atoms with Crippen LogP contribution in [-0.4, -0.2) is 12.5 Å². The van der Waals surface area contributed by atoms with E-state index in [4.69, 9.17) is 0 Å². The number of hydrogen-bond acceptors (Lipinski definition) is 1. The van der Waals surface area contributed by atoms with Gasteiger partial charge in [-0.1, -0.05) is 84.8 Å². The highest BCUT2D eigenvalue weighted by Gasteiger charge is 2.00. The van der Waals surface area contributed by atoms with Gasteiger partial charge in [-0.15, -0.1) is 0 Å². The van der Waals surface area contributed by atoms with Crippen molar-refractivity contribution in [1.82, 2.24) is 5.32 Å². The van der Waals surface area contributed by atoms with Crippen LogP contribution in [0.3, 0.4) is 0 Å². The maximum atomic E-state index is 11.6. The molecule has 2 aromatic carbocycles. The van der Waals surface area contributed by atoms with Crippen LogP contribution in [0.25, 0.3) is 10.8 Å². The first-order valence-corrected chi connectivity index (χ1v) is 9.17. The minimum atomic E-state index is -0.0319. The maximum absolute atomic E-state index is 11.6. The van der Waals surface area contributed by atoms with Crippen molar-refractivity contribution in [1.29, 1.82) is 0 Å². The molecule has 2 rings (SSSR count). The van der Waals surface area contributed by atoms with Gasteiger partial charge in [0.15, 0.2) is 0 Å². The van der Waals surface area contributed by atoms with Gasteiger partial charge in [-0.25, -0.2) is 0 Å². The molecule has 1 N–H and O–H groups in total. The summed E-state index contributed by atoms with van der Waals surface area (Å²) in [6.07, 6.45) is 9.29. The first-order chi connectivity index (χ1) is 11.6. The lowest BCUT2D eigenvalue weighted by Gasteiger charge is -2.07. The van der Waals surface area contributed by atoms with E-state index in [-0.39, 0.29) is 5.91 Å². The first kappa shape index (κ1) is 18.5. The van der Waals surface area contributed by atoms with E-state index >= 15 is 0 Å². The highest BCUT2D eigenvalue weighted by Crippen LogP contribution is 2.24. The molecule has 3 heteroatoms. The Bertz CT molecular complexity index is 749. The Morgan fingerprint density at radius 2 is 2.08 bits per heavy atom. The van der Waals surface area contributed by atoms with Crippen molar-refractivity contribution in [3.63, 3.8) is 0 Å². The van der Waals surface area contributed by atoms with Gasteiger partial charge in [-0.3, -0.25) is 4.79 Å². The van der Waals surface area contributed by atoms with Gasteiger partial charge in [-0.2, -0.15) is 0 Å². The number of carbonyl (C=O) groups excluding carboxylic acids is 1. The fourth-order valence-corrected chi connectivity index (χ4v) is 2.84. The van der Waals surface area contributed by atoms with Gasteiger partial charge in [0.25, 0.3) is 0 Å². The number of carbonyl (C=O) groups is 1. The summed E-state index contributed by atoms with van der Waals surface area (Å²) in [5.41, 5.74) is 1.26. The molecule has 0 fully saturated rings. The summed E-state index contributed by atoms with van der Waals surface area (Å²) in [7, 11) is 0. The molecule has 1 amide bonds. The molecule has 126 valence electrons. The van der Waals surface area contributed by atoms with Crippen molar-refractivity contribution in [2.75, 3.05) is 6.54 Å². The number of halogens is 1. The molecule has 0 aliphatic rings. The lowest BCUT2D eigenvalue weighted by atomic mass is 10.1. The van der Waals surface area contributed by atoms with E-state index in [9.17, 15) is 4.79 Å². The van der Waals surface area contributed by atoms with Crippen molar-refractivity contribution in [3.8, 4) is 0 Å². The predicted molar refractivity (Wildman–Crippen MR) is 106 cm³/mol. The first-order valence-electron chi connectivity index (χ1n) is 8.38. The molecule has 0 aliphatic heterocycles. The van der Waals surface area contributed by atoms with Gasteiger partial charge in [0.1, 0.15) is 0 Å². The summed E-state index contributed by atoms with van der Waals surface area (Å²) in [5, 5.41) is 5.36. The van der Waals surface area contributed by atoms with E-state index < -0.39 is 0 Å². The fourth-order valence-electron chi connectivity index (χ4n) is 2.32. The lowest BCUT2D eigenvalue weighted by Crippen LogP contribution is -2.26. The average Bonchev–Trinajstić information content (AvgIpc) is 2.59. The summed E-state index contributed by atoms with van der Waals surface area (Å²) >= 11 is 3.57. The Hall–Kier alpha value is -1.87. The Labute approximate surface area is 152 Å². The molecule has 1 unspecified atom stereocenters. The topological polar surface area (TPSA) is 29.1 Å². The van der Waals surface area contributed by atoms with Gasteiger partial charge in [-0.05, 0) is 34.7 Å². The monoisotopic (exact) mass is 385 g/mol. The van der Waals surface area contributed by atoms with E-state index in [2.05, 4.69) is 71.5 Å². The van der Waals surface area contributed by atoms with Crippen LogP contribution in [0.1, 0.15) is 25.8 Å². The third-order valence-corrected chi connectivity index (χ3v) is 4.75. The van der Waals surface area contributed by atoms with Gasteiger partial charge >= 0.3 is 0 Å². The van der Waals surface area contributed by atoms with Gasteiger partial charge in [0.05, 0.1) is 0 Å². The summed E-state index contributed by atoms with van der Waals surface area (Å²) in [5.74, 6) is 0.487.